The summed E-state index contributed by atoms with van der Waals surface area (Å²) in [6, 6.07) is 39.2. The third-order valence-electron chi connectivity index (χ3n) is 3.72. The van der Waals surface area contributed by atoms with Crippen LogP contribution in [0.2, 0.25) is 0 Å². The second kappa shape index (κ2) is 11.9. The van der Waals surface area contributed by atoms with Crippen molar-refractivity contribution in [2.45, 2.75) is 0 Å². The Morgan fingerprint density at radius 2 is 0.852 bits per heavy atom. The summed E-state index contributed by atoms with van der Waals surface area (Å²) in [5.41, 5.74) is 4.68. The molecule has 0 aliphatic heterocycles. The molecule has 0 bridgehead atoms. The SMILES string of the molecule is Oc1ccccc1.[CH3-].[Pt+2].[c-]1c(-c2ccccc2)cccc1-c1ccccc1. The van der Waals surface area contributed by atoms with Crippen LogP contribution in [0, 0.1) is 13.5 Å². The van der Waals surface area contributed by atoms with Crippen molar-refractivity contribution in [3.05, 3.63) is 123 Å². The minimum atomic E-state index is 0. The first-order chi connectivity index (χ1) is 12.3. The van der Waals surface area contributed by atoms with E-state index in [2.05, 4.69) is 72.8 Å². The van der Waals surface area contributed by atoms with Gasteiger partial charge in [0, 0.05) is 0 Å². The molecular formula is C25H22OPt. The molecule has 0 radical (unpaired) electrons. The van der Waals surface area contributed by atoms with Crippen LogP contribution in [0.25, 0.3) is 22.3 Å². The molecule has 0 atom stereocenters. The van der Waals surface area contributed by atoms with Crippen molar-refractivity contribution in [3.8, 4) is 28.0 Å². The molecule has 4 rings (SSSR count). The van der Waals surface area contributed by atoms with E-state index in [0.717, 1.165) is 11.1 Å². The number of phenols is 1. The summed E-state index contributed by atoms with van der Waals surface area (Å²) in [7, 11) is 0. The van der Waals surface area contributed by atoms with E-state index in [1.807, 2.05) is 18.2 Å². The first kappa shape index (κ1) is 22.4. The van der Waals surface area contributed by atoms with Crippen LogP contribution in [0.5, 0.6) is 5.75 Å². The van der Waals surface area contributed by atoms with E-state index in [4.69, 9.17) is 5.11 Å². The van der Waals surface area contributed by atoms with Crippen LogP contribution in [-0.2, 0) is 21.1 Å². The predicted molar refractivity (Wildman–Crippen MR) is 111 cm³/mol. The maximum absolute atomic E-state index is 8.63. The Morgan fingerprint density at radius 1 is 0.481 bits per heavy atom. The van der Waals surface area contributed by atoms with Gasteiger partial charge >= 0.3 is 21.1 Å². The number of hydrogen-bond acceptors (Lipinski definition) is 1. The van der Waals surface area contributed by atoms with Crippen molar-refractivity contribution in [1.82, 2.24) is 0 Å². The molecule has 1 nitrogen and oxygen atoms in total. The monoisotopic (exact) mass is 533 g/mol. The molecule has 0 amide bonds. The number of phenolic OH excluding ortho intramolecular Hbond substituents is 1. The van der Waals surface area contributed by atoms with Crippen molar-refractivity contribution in [2.75, 3.05) is 0 Å². The van der Waals surface area contributed by atoms with Crippen LogP contribution >= 0.6 is 0 Å². The van der Waals surface area contributed by atoms with Gasteiger partial charge in [-0.05, 0) is 12.1 Å². The largest absolute Gasteiger partial charge is 2.00 e. The number of rotatable bonds is 2. The van der Waals surface area contributed by atoms with Crippen LogP contribution in [0.1, 0.15) is 0 Å². The zero-order valence-electron chi connectivity index (χ0n) is 15.2. The summed E-state index contributed by atoms with van der Waals surface area (Å²) in [4.78, 5) is 0. The van der Waals surface area contributed by atoms with Crippen molar-refractivity contribution < 1.29 is 26.2 Å². The Labute approximate surface area is 176 Å². The summed E-state index contributed by atoms with van der Waals surface area (Å²) in [6.45, 7) is 0. The van der Waals surface area contributed by atoms with E-state index >= 15 is 0 Å². The van der Waals surface area contributed by atoms with Gasteiger partial charge in [-0.1, -0.05) is 90.0 Å². The van der Waals surface area contributed by atoms with E-state index in [-0.39, 0.29) is 28.5 Å². The Kier molecular flexibility index (Phi) is 9.86. The Bertz CT molecular complexity index is 836. The Balaban J connectivity index is 0.000000347. The molecule has 0 saturated carbocycles. The quantitative estimate of drug-likeness (QED) is 0.286. The van der Waals surface area contributed by atoms with Gasteiger partial charge in [-0.15, -0.1) is 35.4 Å². The minimum absolute atomic E-state index is 0. The van der Waals surface area contributed by atoms with Gasteiger partial charge in [-0.25, -0.2) is 0 Å². The first-order valence-electron chi connectivity index (χ1n) is 8.20. The third kappa shape index (κ3) is 6.88. The summed E-state index contributed by atoms with van der Waals surface area (Å²) < 4.78 is 0. The number of benzene rings is 4. The second-order valence-electron chi connectivity index (χ2n) is 5.55. The summed E-state index contributed by atoms with van der Waals surface area (Å²) in [5, 5.41) is 8.63. The zero-order chi connectivity index (χ0) is 17.3. The van der Waals surface area contributed by atoms with Crippen LogP contribution < -0.4 is 0 Å². The van der Waals surface area contributed by atoms with Crippen molar-refractivity contribution in [1.29, 1.82) is 0 Å². The fourth-order valence-corrected chi connectivity index (χ4v) is 2.47. The van der Waals surface area contributed by atoms with E-state index in [0.29, 0.717) is 5.75 Å². The molecule has 0 aliphatic carbocycles. The standard InChI is InChI=1S/C18H13.C6H6O.CH3.Pt/c1-3-8-15(9-4-1)17-12-7-13-18(14-17)16-10-5-2-6-11-16;7-6-4-2-1-3-5-6;;/h1-13H;1-5,7H;1H3;/q-1;;-1;+2. The van der Waals surface area contributed by atoms with Gasteiger partial charge in [0.1, 0.15) is 5.75 Å². The molecule has 0 aromatic heterocycles. The molecule has 0 saturated heterocycles. The van der Waals surface area contributed by atoms with Gasteiger partial charge < -0.3 is 12.5 Å². The van der Waals surface area contributed by atoms with Gasteiger partial charge in [-0.2, -0.15) is 0 Å². The summed E-state index contributed by atoms with van der Waals surface area (Å²) in [6.07, 6.45) is 0. The van der Waals surface area contributed by atoms with Crippen molar-refractivity contribution >= 4 is 0 Å². The normalized spacial score (nSPS) is 9.04. The van der Waals surface area contributed by atoms with E-state index in [9.17, 15) is 0 Å². The Hall–Kier alpha value is -2.63. The topological polar surface area (TPSA) is 20.2 Å². The molecule has 4 aromatic rings. The maximum Gasteiger partial charge on any atom is 2.00 e. The van der Waals surface area contributed by atoms with Crippen LogP contribution in [-0.4, -0.2) is 5.11 Å². The van der Waals surface area contributed by atoms with Gasteiger partial charge in [0.15, 0.2) is 0 Å². The molecule has 0 spiro atoms. The van der Waals surface area contributed by atoms with Gasteiger partial charge in [0.2, 0.25) is 0 Å². The molecular weight excluding hydrogens is 511 g/mol. The van der Waals surface area contributed by atoms with Gasteiger partial charge in [-0.3, -0.25) is 0 Å². The molecule has 4 aromatic carbocycles. The zero-order valence-corrected chi connectivity index (χ0v) is 17.4. The summed E-state index contributed by atoms with van der Waals surface area (Å²) >= 11 is 0. The van der Waals surface area contributed by atoms with Crippen molar-refractivity contribution in [2.24, 2.45) is 0 Å². The van der Waals surface area contributed by atoms with E-state index in [1.165, 1.54) is 11.1 Å². The van der Waals surface area contributed by atoms with Crippen LogP contribution in [0.15, 0.2) is 109 Å². The van der Waals surface area contributed by atoms with Crippen LogP contribution in [0.3, 0.4) is 0 Å². The smallest absolute Gasteiger partial charge is 0.508 e. The van der Waals surface area contributed by atoms with Crippen molar-refractivity contribution in [3.63, 3.8) is 0 Å². The molecule has 27 heavy (non-hydrogen) atoms. The van der Waals surface area contributed by atoms with E-state index < -0.39 is 0 Å². The molecule has 0 heterocycles. The van der Waals surface area contributed by atoms with Gasteiger partial charge in [0.25, 0.3) is 0 Å². The predicted octanol–water partition coefficient (Wildman–Crippen LogP) is 6.66. The number of aromatic hydroxyl groups is 1. The molecule has 138 valence electrons. The van der Waals surface area contributed by atoms with E-state index in [1.54, 1.807) is 24.3 Å². The Morgan fingerprint density at radius 3 is 1.19 bits per heavy atom. The average Bonchev–Trinajstić information content (AvgIpc) is 2.71. The fourth-order valence-electron chi connectivity index (χ4n) is 2.47. The first-order valence-corrected chi connectivity index (χ1v) is 8.20. The second-order valence-corrected chi connectivity index (χ2v) is 5.55. The molecule has 0 unspecified atom stereocenters. The third-order valence-corrected chi connectivity index (χ3v) is 3.72. The molecule has 2 heteroatoms. The van der Waals surface area contributed by atoms with Crippen LogP contribution in [0.4, 0.5) is 0 Å². The minimum Gasteiger partial charge on any atom is -0.508 e. The maximum atomic E-state index is 8.63. The number of para-hydroxylation sites is 1. The molecule has 0 fully saturated rings. The fraction of sp³-hybridized carbons (Fsp3) is 0. The van der Waals surface area contributed by atoms with Gasteiger partial charge in [0.05, 0.1) is 0 Å². The number of hydrogen-bond donors (Lipinski definition) is 1. The molecule has 0 aliphatic rings. The average molecular weight is 534 g/mol. The summed E-state index contributed by atoms with van der Waals surface area (Å²) in [5.74, 6) is 0.322. The molecule has 1 N–H and O–H groups in total.